The summed E-state index contributed by atoms with van der Waals surface area (Å²) in [6.45, 7) is 4.57. The minimum atomic E-state index is -0.302. The van der Waals surface area contributed by atoms with Crippen LogP contribution < -0.4 is 10.7 Å². The van der Waals surface area contributed by atoms with Gasteiger partial charge in [0.2, 0.25) is 11.8 Å². The zero-order valence-electron chi connectivity index (χ0n) is 10.7. The summed E-state index contributed by atoms with van der Waals surface area (Å²) >= 11 is 0. The summed E-state index contributed by atoms with van der Waals surface area (Å²) in [5.74, 6) is -0.699. The van der Waals surface area contributed by atoms with Crippen molar-refractivity contribution in [3.8, 4) is 0 Å². The van der Waals surface area contributed by atoms with Crippen molar-refractivity contribution in [1.82, 2.24) is 15.6 Å². The summed E-state index contributed by atoms with van der Waals surface area (Å²) in [5.41, 5.74) is 2.56. The summed E-state index contributed by atoms with van der Waals surface area (Å²) in [6.07, 6.45) is 0.569. The molecular weight excluding hydrogens is 236 g/mol. The van der Waals surface area contributed by atoms with Gasteiger partial charge < -0.3 is 10.2 Å². The number of carbonyl (C=O) groups is 3. The van der Waals surface area contributed by atoms with Gasteiger partial charge in [0.15, 0.2) is 0 Å². The maximum Gasteiger partial charge on any atom is 0.270 e. The molecule has 0 radical (unpaired) electrons. The summed E-state index contributed by atoms with van der Waals surface area (Å²) in [7, 11) is 0. The summed E-state index contributed by atoms with van der Waals surface area (Å²) in [5, 5.41) is 6.36. The van der Waals surface area contributed by atoms with Gasteiger partial charge >= 0.3 is 0 Å². The van der Waals surface area contributed by atoms with E-state index in [2.05, 4.69) is 15.8 Å². The molecule has 3 amide bonds. The maximum atomic E-state index is 12.0. The van der Waals surface area contributed by atoms with Crippen LogP contribution in [0.5, 0.6) is 0 Å². The van der Waals surface area contributed by atoms with E-state index < -0.39 is 0 Å². The molecule has 0 aromatic heterocycles. The predicted octanol–water partition coefficient (Wildman–Crippen LogP) is -0.763. The van der Waals surface area contributed by atoms with Crippen molar-refractivity contribution in [1.29, 1.82) is 0 Å². The molecule has 7 heteroatoms. The lowest BCUT2D eigenvalue weighted by Gasteiger charge is -2.22. The van der Waals surface area contributed by atoms with E-state index in [4.69, 9.17) is 0 Å². The quantitative estimate of drug-likeness (QED) is 0.675. The Labute approximate surface area is 106 Å². The number of rotatable bonds is 5. The van der Waals surface area contributed by atoms with Gasteiger partial charge in [-0.15, -0.1) is 0 Å². The highest BCUT2D eigenvalue weighted by atomic mass is 16.2. The predicted molar refractivity (Wildman–Crippen MR) is 65.7 cm³/mol. The molecule has 0 aromatic carbocycles. The van der Waals surface area contributed by atoms with E-state index in [-0.39, 0.29) is 30.7 Å². The monoisotopic (exact) mass is 254 g/mol. The van der Waals surface area contributed by atoms with E-state index in [1.807, 2.05) is 6.92 Å². The highest BCUT2D eigenvalue weighted by Gasteiger charge is 2.23. The van der Waals surface area contributed by atoms with Crippen LogP contribution in [0.1, 0.15) is 26.7 Å². The van der Waals surface area contributed by atoms with E-state index in [1.54, 1.807) is 6.92 Å². The average molecular weight is 254 g/mol. The maximum absolute atomic E-state index is 12.0. The van der Waals surface area contributed by atoms with Gasteiger partial charge in [-0.1, -0.05) is 0 Å². The van der Waals surface area contributed by atoms with Crippen LogP contribution in [0.2, 0.25) is 0 Å². The number of likely N-dealkylation sites (N-methyl/N-ethyl adjacent to an activating group) is 2. The molecule has 7 nitrogen and oxygen atoms in total. The van der Waals surface area contributed by atoms with E-state index in [0.717, 1.165) is 0 Å². The zero-order chi connectivity index (χ0) is 13.5. The first-order valence-electron chi connectivity index (χ1n) is 5.99. The molecule has 0 unspecified atom stereocenters. The molecule has 100 valence electrons. The minimum absolute atomic E-state index is 0.0101. The molecule has 0 atom stereocenters. The van der Waals surface area contributed by atoms with Crippen molar-refractivity contribution in [2.45, 2.75) is 26.7 Å². The van der Waals surface area contributed by atoms with Gasteiger partial charge in [0.05, 0.1) is 6.54 Å². The van der Waals surface area contributed by atoms with Gasteiger partial charge in [-0.25, -0.2) is 5.43 Å². The van der Waals surface area contributed by atoms with Crippen molar-refractivity contribution in [3.05, 3.63) is 0 Å². The first-order chi connectivity index (χ1) is 8.58. The molecule has 0 bridgehead atoms. The Kier molecular flexibility index (Phi) is 5.29. The Morgan fingerprint density at radius 2 is 2.11 bits per heavy atom. The summed E-state index contributed by atoms with van der Waals surface area (Å²) < 4.78 is 0. The van der Waals surface area contributed by atoms with Crippen LogP contribution in [-0.4, -0.2) is 48.0 Å². The molecule has 0 saturated heterocycles. The normalized spacial score (nSPS) is 14.6. The third-order valence-electron chi connectivity index (χ3n) is 2.53. The number of nitrogens with one attached hydrogen (secondary N) is 2. The smallest absolute Gasteiger partial charge is 0.270 e. The first kappa shape index (κ1) is 14.1. The van der Waals surface area contributed by atoms with Crippen LogP contribution in [0.25, 0.3) is 0 Å². The lowest BCUT2D eigenvalue weighted by atomic mass is 10.1. The highest BCUT2D eigenvalue weighted by molar-refractivity contribution is 6.39. The zero-order valence-corrected chi connectivity index (χ0v) is 10.7. The fraction of sp³-hybridized carbons (Fsp3) is 0.636. The molecular formula is C11H18N4O3. The molecule has 0 saturated carbocycles. The molecule has 0 spiro atoms. The van der Waals surface area contributed by atoms with E-state index in [1.165, 1.54) is 4.90 Å². The van der Waals surface area contributed by atoms with Gasteiger partial charge in [-0.2, -0.15) is 5.10 Å². The van der Waals surface area contributed by atoms with Crippen LogP contribution in [0.3, 0.4) is 0 Å². The Morgan fingerprint density at radius 1 is 1.39 bits per heavy atom. The van der Waals surface area contributed by atoms with Gasteiger partial charge in [-0.05, 0) is 13.8 Å². The van der Waals surface area contributed by atoms with Crippen LogP contribution >= 0.6 is 0 Å². The Balaban J connectivity index is 2.62. The molecule has 1 rings (SSSR count). The molecule has 0 aromatic rings. The Bertz CT molecular complexity index is 378. The topological polar surface area (TPSA) is 90.9 Å². The van der Waals surface area contributed by atoms with Gasteiger partial charge in [0.25, 0.3) is 5.91 Å². The minimum Gasteiger partial charge on any atom is -0.355 e. The van der Waals surface area contributed by atoms with Crippen molar-refractivity contribution >= 4 is 23.4 Å². The average Bonchev–Trinajstić information content (AvgIpc) is 2.36. The van der Waals surface area contributed by atoms with Crippen LogP contribution in [-0.2, 0) is 14.4 Å². The fourth-order valence-corrected chi connectivity index (χ4v) is 1.56. The number of amides is 3. The Hall–Kier alpha value is -1.92. The van der Waals surface area contributed by atoms with Crippen LogP contribution in [0, 0.1) is 0 Å². The number of carbonyl (C=O) groups excluding carboxylic acids is 3. The van der Waals surface area contributed by atoms with Crippen LogP contribution in [0.4, 0.5) is 0 Å². The van der Waals surface area contributed by atoms with Gasteiger partial charge in [-0.3, -0.25) is 14.4 Å². The molecule has 0 fully saturated rings. The van der Waals surface area contributed by atoms with Crippen molar-refractivity contribution in [2.75, 3.05) is 19.6 Å². The third kappa shape index (κ3) is 3.83. The lowest BCUT2D eigenvalue weighted by molar-refractivity contribution is -0.131. The second kappa shape index (κ2) is 6.73. The highest BCUT2D eigenvalue weighted by Crippen LogP contribution is 2.03. The van der Waals surface area contributed by atoms with Gasteiger partial charge in [0, 0.05) is 25.9 Å². The molecule has 2 N–H and O–H groups in total. The van der Waals surface area contributed by atoms with E-state index in [9.17, 15) is 14.4 Å². The second-order valence-electron chi connectivity index (χ2n) is 3.87. The number of hydrazone groups is 1. The summed E-state index contributed by atoms with van der Waals surface area (Å²) in [4.78, 5) is 35.8. The summed E-state index contributed by atoms with van der Waals surface area (Å²) in [6, 6.07) is 0. The van der Waals surface area contributed by atoms with Crippen molar-refractivity contribution < 1.29 is 14.4 Å². The van der Waals surface area contributed by atoms with E-state index in [0.29, 0.717) is 25.2 Å². The standard InChI is InChI=1S/C11H18N4O3/c1-3-12-10(17)7-15(4-2)11(18)8-5-6-9(16)14-13-8/h3-7H2,1-2H3,(H,12,17)(H,14,16). The molecule has 0 aliphatic carbocycles. The van der Waals surface area contributed by atoms with Crippen molar-refractivity contribution in [3.63, 3.8) is 0 Å². The van der Waals surface area contributed by atoms with Crippen LogP contribution in [0.15, 0.2) is 5.10 Å². The first-order valence-corrected chi connectivity index (χ1v) is 5.99. The number of nitrogens with zero attached hydrogens (tertiary/aromatic N) is 2. The third-order valence-corrected chi connectivity index (χ3v) is 2.53. The number of hydrogen-bond acceptors (Lipinski definition) is 4. The molecule has 1 heterocycles. The largest absolute Gasteiger partial charge is 0.355 e. The molecule has 18 heavy (non-hydrogen) atoms. The lowest BCUT2D eigenvalue weighted by Crippen LogP contribution is -2.45. The number of hydrogen-bond donors (Lipinski definition) is 2. The van der Waals surface area contributed by atoms with Gasteiger partial charge in [0.1, 0.15) is 5.71 Å². The molecule has 1 aliphatic heterocycles. The fourth-order valence-electron chi connectivity index (χ4n) is 1.56. The van der Waals surface area contributed by atoms with Crippen molar-refractivity contribution in [2.24, 2.45) is 5.10 Å². The second-order valence-corrected chi connectivity index (χ2v) is 3.87. The Morgan fingerprint density at radius 3 is 2.61 bits per heavy atom. The molecule has 1 aliphatic rings. The van der Waals surface area contributed by atoms with E-state index >= 15 is 0 Å². The SMILES string of the molecule is CCNC(=O)CN(CC)C(=O)C1=NNC(=O)CC1.